The molecule has 0 saturated heterocycles. The third-order valence-electron chi connectivity index (χ3n) is 4.72. The second kappa shape index (κ2) is 7.23. The van der Waals surface area contributed by atoms with E-state index in [1.165, 1.54) is 48.1 Å². The minimum Gasteiger partial charge on any atom is -0.346 e. The van der Waals surface area contributed by atoms with Crippen molar-refractivity contribution >= 4 is 45.0 Å². The largest absolute Gasteiger partial charge is 0.346 e. The van der Waals surface area contributed by atoms with Crippen LogP contribution in [-0.2, 0) is 13.6 Å². The first kappa shape index (κ1) is 18.3. The van der Waals surface area contributed by atoms with E-state index in [1.807, 2.05) is 10.8 Å². The second-order valence-electron chi connectivity index (χ2n) is 6.93. The average Bonchev–Trinajstić information content (AvgIpc) is 3.08. The number of thiazole rings is 1. The fraction of sp³-hybridized carbons (Fsp3) is 0.278. The topological polar surface area (TPSA) is 90.5 Å². The van der Waals surface area contributed by atoms with E-state index in [9.17, 15) is 9.18 Å². The van der Waals surface area contributed by atoms with E-state index >= 15 is 0 Å². The molecule has 1 aliphatic carbocycles. The maximum atomic E-state index is 13.8. The number of nitrogens with one attached hydrogen (secondary N) is 1. The number of benzene rings is 1. The van der Waals surface area contributed by atoms with Crippen LogP contribution in [0.1, 0.15) is 23.2 Å². The smallest absolute Gasteiger partial charge is 0.259 e. The van der Waals surface area contributed by atoms with E-state index in [-0.39, 0.29) is 11.7 Å². The van der Waals surface area contributed by atoms with Crippen molar-refractivity contribution in [1.29, 1.82) is 0 Å². The molecule has 0 bridgehead atoms. The van der Waals surface area contributed by atoms with Crippen LogP contribution < -0.4 is 5.32 Å². The van der Waals surface area contributed by atoms with Gasteiger partial charge in [-0.05, 0) is 59.1 Å². The highest BCUT2D eigenvalue weighted by molar-refractivity contribution is 8.01. The molecule has 0 aliphatic heterocycles. The molecule has 1 amide bonds. The van der Waals surface area contributed by atoms with Gasteiger partial charge in [-0.15, -0.1) is 5.10 Å². The van der Waals surface area contributed by atoms with Crippen molar-refractivity contribution < 1.29 is 9.18 Å². The summed E-state index contributed by atoms with van der Waals surface area (Å²) in [6.07, 6.45) is 5.84. The van der Waals surface area contributed by atoms with Crippen LogP contribution in [-0.4, -0.2) is 35.7 Å². The molecule has 3 heterocycles. The molecule has 148 valence electrons. The predicted molar refractivity (Wildman–Crippen MR) is 108 cm³/mol. The molecule has 1 saturated carbocycles. The summed E-state index contributed by atoms with van der Waals surface area (Å²) in [5, 5.41) is 16.0. The number of hydrogen-bond donors (Lipinski definition) is 1. The molecule has 0 unspecified atom stereocenters. The van der Waals surface area contributed by atoms with Gasteiger partial charge in [-0.25, -0.2) is 14.1 Å². The Morgan fingerprint density at radius 3 is 3.03 bits per heavy atom. The number of hydrogen-bond acceptors (Lipinski definition) is 7. The average molecular weight is 430 g/mol. The van der Waals surface area contributed by atoms with E-state index in [2.05, 4.69) is 25.8 Å². The Labute approximate surface area is 173 Å². The van der Waals surface area contributed by atoms with Crippen LogP contribution in [0.5, 0.6) is 0 Å². The lowest BCUT2D eigenvalue weighted by atomic mass is 10.1. The number of carbonyl (C=O) groups is 1. The summed E-state index contributed by atoms with van der Waals surface area (Å²) in [5.74, 6) is 0.0419. The van der Waals surface area contributed by atoms with Crippen molar-refractivity contribution in [3.05, 3.63) is 42.0 Å². The Hall–Kier alpha value is -2.79. The molecule has 1 aliphatic rings. The van der Waals surface area contributed by atoms with Crippen molar-refractivity contribution in [2.75, 3.05) is 5.32 Å². The van der Waals surface area contributed by atoms with Gasteiger partial charge in [-0.1, -0.05) is 11.3 Å². The fourth-order valence-corrected chi connectivity index (χ4v) is 4.81. The molecule has 11 heteroatoms. The number of rotatable bonds is 6. The zero-order chi connectivity index (χ0) is 20.0. The highest BCUT2D eigenvalue weighted by atomic mass is 32.2. The minimum absolute atomic E-state index is 0.262. The first-order chi connectivity index (χ1) is 14.1. The summed E-state index contributed by atoms with van der Waals surface area (Å²) in [6, 6.07) is 4.53. The number of aromatic nitrogens is 6. The normalized spacial score (nSPS) is 13.9. The molecule has 0 spiro atoms. The summed E-state index contributed by atoms with van der Waals surface area (Å²) in [4.78, 5) is 17.2. The first-order valence-corrected chi connectivity index (χ1v) is 10.7. The van der Waals surface area contributed by atoms with Crippen LogP contribution in [0.4, 0.5) is 9.52 Å². The molecule has 1 aromatic carbocycles. The number of nitrogens with zero attached hydrogens (tertiary/aromatic N) is 6. The number of anilines is 1. The predicted octanol–water partition coefficient (Wildman–Crippen LogP) is 3.57. The van der Waals surface area contributed by atoms with Gasteiger partial charge in [0.1, 0.15) is 5.82 Å². The zero-order valence-corrected chi connectivity index (χ0v) is 17.0. The van der Waals surface area contributed by atoms with Gasteiger partial charge in [0.25, 0.3) is 5.91 Å². The second-order valence-corrected chi connectivity index (χ2v) is 9.22. The summed E-state index contributed by atoms with van der Waals surface area (Å²) < 4.78 is 18.2. The number of aryl methyl sites for hydroxylation is 1. The van der Waals surface area contributed by atoms with Crippen LogP contribution in [0, 0.1) is 11.7 Å². The first-order valence-electron chi connectivity index (χ1n) is 9.02. The van der Waals surface area contributed by atoms with E-state index < -0.39 is 0 Å². The fourth-order valence-electron chi connectivity index (χ4n) is 3.10. The molecule has 29 heavy (non-hydrogen) atoms. The number of carbonyl (C=O) groups excluding carboxylic acids is 1. The van der Waals surface area contributed by atoms with Gasteiger partial charge in [-0.2, -0.15) is 0 Å². The van der Waals surface area contributed by atoms with Gasteiger partial charge in [-0.3, -0.25) is 10.1 Å². The summed E-state index contributed by atoms with van der Waals surface area (Å²) in [6.45, 7) is 0.803. The van der Waals surface area contributed by atoms with Gasteiger partial charge in [0.05, 0.1) is 21.5 Å². The van der Waals surface area contributed by atoms with E-state index in [0.29, 0.717) is 21.8 Å². The van der Waals surface area contributed by atoms with E-state index in [1.54, 1.807) is 24.0 Å². The number of halogens is 1. The number of fused-ring (bicyclic) bond motifs is 1. The van der Waals surface area contributed by atoms with Gasteiger partial charge in [0.15, 0.2) is 5.13 Å². The standard InChI is InChI=1S/C18H16FN7OS2/c1-25-18(22-23-24-25)29-15-7-20-17(28-15)21-16(27)13-9-26(8-10-2-3-10)14-6-11(19)4-5-12(13)14/h4-7,9-10H,2-3,8H2,1H3,(H,20,21,27). The van der Waals surface area contributed by atoms with Crippen molar-refractivity contribution in [3.63, 3.8) is 0 Å². The molecule has 0 atom stereocenters. The minimum atomic E-state index is -0.306. The van der Waals surface area contributed by atoms with Crippen molar-refractivity contribution in [3.8, 4) is 0 Å². The monoisotopic (exact) mass is 429 g/mol. The van der Waals surface area contributed by atoms with Crippen LogP contribution in [0.2, 0.25) is 0 Å². The van der Waals surface area contributed by atoms with E-state index in [4.69, 9.17) is 0 Å². The van der Waals surface area contributed by atoms with Gasteiger partial charge < -0.3 is 4.57 Å². The quantitative estimate of drug-likeness (QED) is 0.504. The van der Waals surface area contributed by atoms with Gasteiger partial charge in [0, 0.05) is 25.2 Å². The molecular weight excluding hydrogens is 413 g/mol. The van der Waals surface area contributed by atoms with Crippen LogP contribution in [0.25, 0.3) is 10.9 Å². The third-order valence-corrected chi connectivity index (χ3v) is 6.76. The number of tetrazole rings is 1. The summed E-state index contributed by atoms with van der Waals surface area (Å²) in [7, 11) is 1.76. The van der Waals surface area contributed by atoms with Crippen LogP contribution in [0.15, 0.2) is 40.0 Å². The summed E-state index contributed by atoms with van der Waals surface area (Å²) >= 11 is 2.71. The Balaban J connectivity index is 1.38. The number of amides is 1. The van der Waals surface area contributed by atoms with Crippen molar-refractivity contribution in [2.45, 2.75) is 28.8 Å². The highest BCUT2D eigenvalue weighted by Gasteiger charge is 2.24. The highest BCUT2D eigenvalue weighted by Crippen LogP contribution is 2.34. The van der Waals surface area contributed by atoms with Gasteiger partial charge >= 0.3 is 0 Å². The molecule has 4 aromatic rings. The Kier molecular flexibility index (Phi) is 4.55. The maximum absolute atomic E-state index is 13.8. The Morgan fingerprint density at radius 1 is 1.41 bits per heavy atom. The lowest BCUT2D eigenvalue weighted by Gasteiger charge is -2.02. The Morgan fingerprint density at radius 2 is 2.28 bits per heavy atom. The third kappa shape index (κ3) is 3.75. The summed E-state index contributed by atoms with van der Waals surface area (Å²) in [5.41, 5.74) is 1.26. The molecule has 5 rings (SSSR count). The zero-order valence-electron chi connectivity index (χ0n) is 15.4. The van der Waals surface area contributed by atoms with E-state index in [0.717, 1.165) is 21.7 Å². The van der Waals surface area contributed by atoms with Gasteiger partial charge in [0.2, 0.25) is 5.16 Å². The lowest BCUT2D eigenvalue weighted by molar-refractivity contribution is 0.102. The van der Waals surface area contributed by atoms with Crippen LogP contribution >= 0.6 is 23.1 Å². The molecule has 0 radical (unpaired) electrons. The van der Waals surface area contributed by atoms with Crippen molar-refractivity contribution in [2.24, 2.45) is 13.0 Å². The lowest BCUT2D eigenvalue weighted by Crippen LogP contribution is -2.11. The molecular formula is C18H16FN7OS2. The molecule has 1 fully saturated rings. The SMILES string of the molecule is Cn1nnnc1Sc1cnc(NC(=O)c2cn(CC3CC3)c3cc(F)ccc23)s1. The Bertz CT molecular complexity index is 1210. The van der Waals surface area contributed by atoms with Crippen molar-refractivity contribution in [1.82, 2.24) is 29.8 Å². The molecule has 8 nitrogen and oxygen atoms in total. The van der Waals surface area contributed by atoms with Crippen LogP contribution in [0.3, 0.4) is 0 Å². The maximum Gasteiger partial charge on any atom is 0.259 e. The molecule has 3 aromatic heterocycles. The molecule has 1 N–H and O–H groups in total.